The van der Waals surface area contributed by atoms with Crippen LogP contribution in [0.5, 0.6) is 0 Å². The Morgan fingerprint density at radius 2 is 1.75 bits per heavy atom. The Morgan fingerprint density at radius 1 is 1.12 bits per heavy atom. The van der Waals surface area contributed by atoms with Crippen LogP contribution in [-0.4, -0.2) is 50.5 Å². The molecule has 0 saturated carbocycles. The topological polar surface area (TPSA) is 47.5 Å². The highest BCUT2D eigenvalue weighted by Gasteiger charge is 2.07. The molecule has 0 bridgehead atoms. The molecule has 0 saturated heterocycles. The van der Waals surface area contributed by atoms with Gasteiger partial charge in [0.15, 0.2) is 0 Å². The molecule has 0 fully saturated rings. The van der Waals surface area contributed by atoms with E-state index in [0.717, 1.165) is 24.6 Å². The zero-order chi connectivity index (χ0) is 11.8. The number of aryl methyl sites for hydroxylation is 1. The minimum Gasteiger partial charge on any atom is -0.383 e. The van der Waals surface area contributed by atoms with Crippen molar-refractivity contribution in [3.05, 3.63) is 18.1 Å². The summed E-state index contributed by atoms with van der Waals surface area (Å²) in [7, 11) is 3.39. The first-order chi connectivity index (χ1) is 7.77. The fourth-order valence-electron chi connectivity index (χ4n) is 1.36. The zero-order valence-electron chi connectivity index (χ0n) is 10.1. The van der Waals surface area contributed by atoms with E-state index in [-0.39, 0.29) is 0 Å². The Morgan fingerprint density at radius 3 is 2.25 bits per heavy atom. The van der Waals surface area contributed by atoms with Crippen molar-refractivity contribution in [1.82, 2.24) is 9.97 Å². The van der Waals surface area contributed by atoms with E-state index < -0.39 is 0 Å². The molecule has 5 nitrogen and oxygen atoms in total. The van der Waals surface area contributed by atoms with Gasteiger partial charge in [-0.15, -0.1) is 0 Å². The maximum atomic E-state index is 5.08. The molecule has 0 amide bonds. The van der Waals surface area contributed by atoms with Crippen molar-refractivity contribution >= 4 is 5.82 Å². The Labute approximate surface area is 96.4 Å². The molecular weight excluding hydrogens is 206 g/mol. The lowest BCUT2D eigenvalue weighted by atomic mass is 10.4. The minimum atomic E-state index is 0.673. The summed E-state index contributed by atoms with van der Waals surface area (Å²) in [6.07, 6.45) is 1.58. The number of hydrogen-bond acceptors (Lipinski definition) is 5. The highest BCUT2D eigenvalue weighted by atomic mass is 16.5. The molecular formula is C11H19N3O2. The second-order valence-electron chi connectivity index (χ2n) is 3.49. The first-order valence-corrected chi connectivity index (χ1v) is 5.29. The molecule has 0 aliphatic rings. The fourth-order valence-corrected chi connectivity index (χ4v) is 1.36. The molecule has 0 aliphatic heterocycles. The highest BCUT2D eigenvalue weighted by molar-refractivity contribution is 5.38. The van der Waals surface area contributed by atoms with Crippen molar-refractivity contribution in [2.75, 3.05) is 45.4 Å². The summed E-state index contributed by atoms with van der Waals surface area (Å²) in [4.78, 5) is 10.5. The lowest BCUT2D eigenvalue weighted by molar-refractivity contribution is 0.190. The number of hydrogen-bond donors (Lipinski definition) is 0. The Kier molecular flexibility index (Phi) is 5.74. The Balaban J connectivity index is 2.66. The van der Waals surface area contributed by atoms with Gasteiger partial charge >= 0.3 is 0 Å². The molecule has 0 radical (unpaired) electrons. The number of anilines is 1. The minimum absolute atomic E-state index is 0.673. The molecule has 0 atom stereocenters. The van der Waals surface area contributed by atoms with Crippen molar-refractivity contribution in [3.8, 4) is 0 Å². The monoisotopic (exact) mass is 225 g/mol. The number of ether oxygens (including phenoxy) is 2. The summed E-state index contributed by atoms with van der Waals surface area (Å²) in [6.45, 7) is 4.90. The van der Waals surface area contributed by atoms with Gasteiger partial charge in [-0.3, -0.25) is 0 Å². The summed E-state index contributed by atoms with van der Waals surface area (Å²) >= 11 is 0. The summed E-state index contributed by atoms with van der Waals surface area (Å²) in [5.41, 5.74) is 0.963. The van der Waals surface area contributed by atoms with Gasteiger partial charge in [0.25, 0.3) is 0 Å². The fraction of sp³-hybridized carbons (Fsp3) is 0.636. The predicted octanol–water partition coefficient (Wildman–Crippen LogP) is 0.884. The lowest BCUT2D eigenvalue weighted by Crippen LogP contribution is -2.31. The standard InChI is InChI=1S/C11H19N3O2/c1-10-8-11(13-9-12-10)14(4-6-15-2)5-7-16-3/h8-9H,4-7H2,1-3H3. The quantitative estimate of drug-likeness (QED) is 0.689. The summed E-state index contributed by atoms with van der Waals surface area (Å²) < 4.78 is 10.2. The molecule has 16 heavy (non-hydrogen) atoms. The second-order valence-corrected chi connectivity index (χ2v) is 3.49. The van der Waals surface area contributed by atoms with Crippen LogP contribution in [-0.2, 0) is 9.47 Å². The van der Waals surface area contributed by atoms with E-state index in [4.69, 9.17) is 9.47 Å². The van der Waals surface area contributed by atoms with Crippen LogP contribution in [0.4, 0.5) is 5.82 Å². The van der Waals surface area contributed by atoms with Gasteiger partial charge in [-0.05, 0) is 6.92 Å². The first-order valence-electron chi connectivity index (χ1n) is 5.29. The number of aromatic nitrogens is 2. The van der Waals surface area contributed by atoms with E-state index in [0.29, 0.717) is 13.2 Å². The number of nitrogens with zero attached hydrogens (tertiary/aromatic N) is 3. The van der Waals surface area contributed by atoms with Gasteiger partial charge < -0.3 is 14.4 Å². The van der Waals surface area contributed by atoms with Crippen LogP contribution >= 0.6 is 0 Å². The van der Waals surface area contributed by atoms with E-state index in [1.165, 1.54) is 0 Å². The van der Waals surface area contributed by atoms with Crippen molar-refractivity contribution in [2.45, 2.75) is 6.92 Å². The molecule has 0 aliphatic carbocycles. The summed E-state index contributed by atoms with van der Waals surface area (Å²) in [5, 5.41) is 0. The van der Waals surface area contributed by atoms with Crippen molar-refractivity contribution in [3.63, 3.8) is 0 Å². The molecule has 0 unspecified atom stereocenters. The van der Waals surface area contributed by atoms with Crippen molar-refractivity contribution < 1.29 is 9.47 Å². The van der Waals surface area contributed by atoms with Crippen LogP contribution in [0.25, 0.3) is 0 Å². The molecule has 0 spiro atoms. The SMILES string of the molecule is COCCN(CCOC)c1cc(C)ncn1. The largest absolute Gasteiger partial charge is 0.383 e. The zero-order valence-corrected chi connectivity index (χ0v) is 10.1. The van der Waals surface area contributed by atoms with Crippen LogP contribution in [0.1, 0.15) is 5.69 Å². The average molecular weight is 225 g/mol. The van der Waals surface area contributed by atoms with Gasteiger partial charge in [-0.1, -0.05) is 0 Å². The third kappa shape index (κ3) is 4.12. The third-order valence-electron chi connectivity index (χ3n) is 2.24. The summed E-state index contributed by atoms with van der Waals surface area (Å²) in [6, 6.07) is 1.96. The van der Waals surface area contributed by atoms with E-state index in [1.54, 1.807) is 20.5 Å². The average Bonchev–Trinajstić information content (AvgIpc) is 2.29. The Bertz CT molecular complexity index is 299. The lowest BCUT2D eigenvalue weighted by Gasteiger charge is -2.22. The molecule has 90 valence electrons. The molecule has 1 heterocycles. The molecule has 5 heteroatoms. The van der Waals surface area contributed by atoms with Gasteiger partial charge in [0.1, 0.15) is 12.1 Å². The van der Waals surface area contributed by atoms with Gasteiger partial charge in [0.05, 0.1) is 13.2 Å². The molecule has 1 aromatic rings. The normalized spacial score (nSPS) is 10.4. The van der Waals surface area contributed by atoms with Gasteiger partial charge in [-0.25, -0.2) is 9.97 Å². The molecule has 1 rings (SSSR count). The van der Waals surface area contributed by atoms with Crippen molar-refractivity contribution in [1.29, 1.82) is 0 Å². The van der Waals surface area contributed by atoms with Crippen LogP contribution in [0.15, 0.2) is 12.4 Å². The maximum Gasteiger partial charge on any atom is 0.132 e. The smallest absolute Gasteiger partial charge is 0.132 e. The molecule has 1 aromatic heterocycles. The first kappa shape index (κ1) is 12.9. The highest BCUT2D eigenvalue weighted by Crippen LogP contribution is 2.09. The predicted molar refractivity (Wildman–Crippen MR) is 62.7 cm³/mol. The maximum absolute atomic E-state index is 5.08. The Hall–Kier alpha value is -1.20. The van der Waals surface area contributed by atoms with Crippen LogP contribution in [0, 0.1) is 6.92 Å². The van der Waals surface area contributed by atoms with E-state index in [9.17, 15) is 0 Å². The van der Waals surface area contributed by atoms with Crippen LogP contribution < -0.4 is 4.90 Å². The van der Waals surface area contributed by atoms with Gasteiger partial charge in [0.2, 0.25) is 0 Å². The molecule has 0 aromatic carbocycles. The number of methoxy groups -OCH3 is 2. The molecule has 0 N–H and O–H groups in total. The van der Waals surface area contributed by atoms with E-state index >= 15 is 0 Å². The van der Waals surface area contributed by atoms with Crippen LogP contribution in [0.3, 0.4) is 0 Å². The van der Waals surface area contributed by atoms with Crippen molar-refractivity contribution in [2.24, 2.45) is 0 Å². The van der Waals surface area contributed by atoms with E-state index in [2.05, 4.69) is 14.9 Å². The third-order valence-corrected chi connectivity index (χ3v) is 2.24. The summed E-state index contributed by atoms with van der Waals surface area (Å²) in [5.74, 6) is 0.918. The van der Waals surface area contributed by atoms with Gasteiger partial charge in [-0.2, -0.15) is 0 Å². The van der Waals surface area contributed by atoms with E-state index in [1.807, 2.05) is 13.0 Å². The second kappa shape index (κ2) is 7.14. The van der Waals surface area contributed by atoms with Crippen LogP contribution in [0.2, 0.25) is 0 Å². The number of rotatable bonds is 7. The van der Waals surface area contributed by atoms with Gasteiger partial charge in [0, 0.05) is 39.1 Å².